The van der Waals surface area contributed by atoms with E-state index in [2.05, 4.69) is 10.1 Å². The van der Waals surface area contributed by atoms with Gasteiger partial charge in [0.1, 0.15) is 0 Å². The van der Waals surface area contributed by atoms with E-state index in [0.29, 0.717) is 16.5 Å². The second-order valence-corrected chi connectivity index (χ2v) is 2.43. The Morgan fingerprint density at radius 3 is 3.08 bits per heavy atom. The summed E-state index contributed by atoms with van der Waals surface area (Å²) in [4.78, 5) is 3.86. The maximum Gasteiger partial charge on any atom is 0.222 e. The fraction of sp³-hybridized carbons (Fsp3) is 0.143. The van der Waals surface area contributed by atoms with Crippen LogP contribution in [0.4, 0.5) is 0 Å². The van der Waals surface area contributed by atoms with Crippen molar-refractivity contribution in [1.82, 2.24) is 4.98 Å². The molecule has 0 aliphatic rings. The highest BCUT2D eigenvalue weighted by molar-refractivity contribution is 6.30. The molecule has 0 unspecified atom stereocenters. The quantitative estimate of drug-likeness (QED) is 0.433. The van der Waals surface area contributed by atoms with Crippen molar-refractivity contribution in [2.24, 2.45) is 5.16 Å². The first-order valence-corrected chi connectivity index (χ1v) is 3.52. The molecule has 5 heteroatoms. The Labute approximate surface area is 74.4 Å². The van der Waals surface area contributed by atoms with Gasteiger partial charge >= 0.3 is 0 Å². The molecule has 1 N–H and O–H groups in total. The molecule has 0 aromatic carbocycles. The molecule has 0 fully saturated rings. The fourth-order valence-electron chi connectivity index (χ4n) is 0.768. The van der Waals surface area contributed by atoms with Crippen LogP contribution in [-0.2, 0) is 0 Å². The molecule has 0 spiro atoms. The van der Waals surface area contributed by atoms with Gasteiger partial charge in [-0.05, 0) is 6.07 Å². The van der Waals surface area contributed by atoms with Gasteiger partial charge in [0.15, 0.2) is 0 Å². The van der Waals surface area contributed by atoms with Gasteiger partial charge in [-0.1, -0.05) is 16.8 Å². The van der Waals surface area contributed by atoms with Gasteiger partial charge in [0.05, 0.1) is 23.9 Å². The van der Waals surface area contributed by atoms with Crippen molar-refractivity contribution in [3.8, 4) is 5.88 Å². The number of halogens is 1. The first-order chi connectivity index (χ1) is 5.77. The first kappa shape index (κ1) is 8.80. The van der Waals surface area contributed by atoms with Gasteiger partial charge in [-0.15, -0.1) is 0 Å². The van der Waals surface area contributed by atoms with Crippen molar-refractivity contribution in [2.45, 2.75) is 0 Å². The zero-order valence-corrected chi connectivity index (χ0v) is 7.12. The highest BCUT2D eigenvalue weighted by Crippen LogP contribution is 2.16. The molecule has 1 rings (SSSR count). The lowest BCUT2D eigenvalue weighted by Gasteiger charge is -2.01. The van der Waals surface area contributed by atoms with E-state index >= 15 is 0 Å². The van der Waals surface area contributed by atoms with Gasteiger partial charge in [-0.25, -0.2) is 4.98 Å². The normalized spacial score (nSPS) is 10.5. The van der Waals surface area contributed by atoms with Crippen LogP contribution < -0.4 is 4.74 Å². The lowest BCUT2D eigenvalue weighted by Crippen LogP contribution is -1.93. The molecule has 0 radical (unpaired) electrons. The Hall–Kier alpha value is -1.29. The number of methoxy groups -OCH3 is 1. The average Bonchev–Trinajstić information content (AvgIpc) is 2.05. The molecule has 1 aromatic rings. The van der Waals surface area contributed by atoms with E-state index in [9.17, 15) is 0 Å². The van der Waals surface area contributed by atoms with Crippen LogP contribution in [0.3, 0.4) is 0 Å². The standard InChI is InChI=1S/C7H7ClN2O2/c1-12-7-5(3-10-11)2-6(8)4-9-7/h2-4,11H,1H3/b10-3-. The van der Waals surface area contributed by atoms with Crippen LogP contribution >= 0.6 is 11.6 Å². The van der Waals surface area contributed by atoms with Crippen LogP contribution in [0.2, 0.25) is 5.02 Å². The predicted molar refractivity (Wildman–Crippen MR) is 45.2 cm³/mol. The van der Waals surface area contributed by atoms with Crippen LogP contribution in [0.25, 0.3) is 0 Å². The molecule has 0 saturated heterocycles. The number of nitrogens with zero attached hydrogens (tertiary/aromatic N) is 2. The molecule has 0 saturated carbocycles. The zero-order chi connectivity index (χ0) is 8.97. The van der Waals surface area contributed by atoms with Crippen molar-refractivity contribution < 1.29 is 9.94 Å². The zero-order valence-electron chi connectivity index (χ0n) is 6.36. The SMILES string of the molecule is COc1ncc(Cl)cc1/C=N\O. The molecule has 1 aromatic heterocycles. The molecule has 64 valence electrons. The van der Waals surface area contributed by atoms with Gasteiger partial charge in [0.25, 0.3) is 0 Å². The Balaban J connectivity index is 3.12. The summed E-state index contributed by atoms with van der Waals surface area (Å²) in [6.45, 7) is 0. The third kappa shape index (κ3) is 1.85. The van der Waals surface area contributed by atoms with Crippen LogP contribution in [-0.4, -0.2) is 23.5 Å². The molecule has 12 heavy (non-hydrogen) atoms. The summed E-state index contributed by atoms with van der Waals surface area (Å²) in [7, 11) is 1.48. The monoisotopic (exact) mass is 186 g/mol. The Morgan fingerprint density at radius 1 is 1.75 bits per heavy atom. The van der Waals surface area contributed by atoms with Crippen LogP contribution in [0.15, 0.2) is 17.4 Å². The van der Waals surface area contributed by atoms with E-state index in [1.807, 2.05) is 0 Å². The van der Waals surface area contributed by atoms with Crippen LogP contribution in [0, 0.1) is 0 Å². The van der Waals surface area contributed by atoms with Crippen molar-refractivity contribution in [3.63, 3.8) is 0 Å². The molecule has 4 nitrogen and oxygen atoms in total. The summed E-state index contributed by atoms with van der Waals surface area (Å²) >= 11 is 5.65. The molecule has 0 bridgehead atoms. The summed E-state index contributed by atoms with van der Waals surface area (Å²) in [5.74, 6) is 0.372. The third-order valence-electron chi connectivity index (χ3n) is 1.24. The number of pyridine rings is 1. The summed E-state index contributed by atoms with van der Waals surface area (Å²) < 4.78 is 4.88. The van der Waals surface area contributed by atoms with E-state index in [0.717, 1.165) is 0 Å². The molecular weight excluding hydrogens is 180 g/mol. The van der Waals surface area contributed by atoms with Crippen molar-refractivity contribution in [3.05, 3.63) is 22.8 Å². The van der Waals surface area contributed by atoms with Gasteiger partial charge < -0.3 is 9.94 Å². The fourth-order valence-corrected chi connectivity index (χ4v) is 0.934. The maximum absolute atomic E-state index is 8.27. The maximum atomic E-state index is 8.27. The lowest BCUT2D eigenvalue weighted by atomic mass is 10.3. The van der Waals surface area contributed by atoms with E-state index < -0.39 is 0 Å². The van der Waals surface area contributed by atoms with Crippen molar-refractivity contribution in [2.75, 3.05) is 7.11 Å². The Morgan fingerprint density at radius 2 is 2.50 bits per heavy atom. The average molecular weight is 187 g/mol. The molecule has 1 heterocycles. The van der Waals surface area contributed by atoms with E-state index in [4.69, 9.17) is 21.5 Å². The van der Waals surface area contributed by atoms with Crippen molar-refractivity contribution in [1.29, 1.82) is 0 Å². The molecule has 0 aliphatic heterocycles. The van der Waals surface area contributed by atoms with Gasteiger partial charge in [0.2, 0.25) is 5.88 Å². The smallest absolute Gasteiger partial charge is 0.222 e. The molecule has 0 aliphatic carbocycles. The second kappa shape index (κ2) is 3.92. The highest BCUT2D eigenvalue weighted by Gasteiger charge is 2.02. The number of rotatable bonds is 2. The Bertz CT molecular complexity index is 301. The van der Waals surface area contributed by atoms with E-state index in [1.165, 1.54) is 19.5 Å². The molecule has 0 atom stereocenters. The highest BCUT2D eigenvalue weighted by atomic mass is 35.5. The second-order valence-electron chi connectivity index (χ2n) is 2.00. The molecule has 0 amide bonds. The number of hydrogen-bond donors (Lipinski definition) is 1. The number of aromatic nitrogens is 1. The number of oxime groups is 1. The van der Waals surface area contributed by atoms with Gasteiger partial charge in [0, 0.05) is 6.20 Å². The van der Waals surface area contributed by atoms with Crippen molar-refractivity contribution >= 4 is 17.8 Å². The van der Waals surface area contributed by atoms with Crippen LogP contribution in [0.5, 0.6) is 5.88 Å². The van der Waals surface area contributed by atoms with E-state index in [1.54, 1.807) is 6.07 Å². The molecular formula is C7H7ClN2O2. The summed E-state index contributed by atoms with van der Waals surface area (Å²) in [5, 5.41) is 11.6. The summed E-state index contributed by atoms with van der Waals surface area (Å²) in [6.07, 6.45) is 2.66. The van der Waals surface area contributed by atoms with E-state index in [-0.39, 0.29) is 0 Å². The Kier molecular flexibility index (Phi) is 2.88. The number of ether oxygens (including phenoxy) is 1. The van der Waals surface area contributed by atoms with Crippen LogP contribution in [0.1, 0.15) is 5.56 Å². The topological polar surface area (TPSA) is 54.7 Å². The minimum absolute atomic E-state index is 0.372. The number of hydrogen-bond acceptors (Lipinski definition) is 4. The van der Waals surface area contributed by atoms with Gasteiger partial charge in [-0.2, -0.15) is 0 Å². The minimum atomic E-state index is 0.372. The predicted octanol–water partition coefficient (Wildman–Crippen LogP) is 1.55. The summed E-state index contributed by atoms with van der Waals surface area (Å²) in [6, 6.07) is 1.59. The van der Waals surface area contributed by atoms with Gasteiger partial charge in [-0.3, -0.25) is 0 Å². The lowest BCUT2D eigenvalue weighted by molar-refractivity contribution is 0.321. The summed E-state index contributed by atoms with van der Waals surface area (Å²) in [5.41, 5.74) is 0.535. The third-order valence-corrected chi connectivity index (χ3v) is 1.44. The first-order valence-electron chi connectivity index (χ1n) is 3.15. The minimum Gasteiger partial charge on any atom is -0.481 e. The largest absolute Gasteiger partial charge is 0.481 e.